The van der Waals surface area contributed by atoms with E-state index in [0.717, 1.165) is 38.6 Å². The van der Waals surface area contributed by atoms with Crippen molar-refractivity contribution in [1.29, 1.82) is 0 Å². The average molecular weight is 284 g/mol. The normalized spacial score (nSPS) is 19.1. The highest BCUT2D eigenvalue weighted by Gasteiger charge is 2.43. The maximum Gasteiger partial charge on any atom is 0.233 e. The average Bonchev–Trinajstić information content (AvgIpc) is 2.46. The molecule has 0 bridgehead atoms. The third-order valence-corrected chi connectivity index (χ3v) is 4.06. The second-order valence-electron chi connectivity index (χ2n) is 5.89. The molecule has 0 heterocycles. The fourth-order valence-electron chi connectivity index (χ4n) is 2.77. The van der Waals surface area contributed by atoms with Crippen LogP contribution in [0, 0.1) is 5.41 Å². The molecule has 0 aliphatic heterocycles. The topological polar surface area (TPSA) is 91.0 Å². The number of oxime groups is 1. The Labute approximate surface area is 121 Å². The lowest BCUT2D eigenvalue weighted by atomic mass is 9.72. The van der Waals surface area contributed by atoms with Crippen LogP contribution >= 0.6 is 0 Å². The summed E-state index contributed by atoms with van der Waals surface area (Å²) in [6.45, 7) is 1.66. The molecular formula is C14H28N4O2. The van der Waals surface area contributed by atoms with Gasteiger partial charge < -0.3 is 21.2 Å². The quantitative estimate of drug-likeness (QED) is 0.215. The largest absolute Gasteiger partial charge is 0.409 e. The molecule has 6 heteroatoms. The summed E-state index contributed by atoms with van der Waals surface area (Å²) in [5.41, 5.74) is 4.99. The fourth-order valence-corrected chi connectivity index (χ4v) is 2.77. The highest BCUT2D eigenvalue weighted by molar-refractivity contribution is 6.06. The molecule has 0 aromatic carbocycles. The Bertz CT molecular complexity index is 336. The van der Waals surface area contributed by atoms with Gasteiger partial charge in [-0.2, -0.15) is 0 Å². The van der Waals surface area contributed by atoms with Gasteiger partial charge in [-0.1, -0.05) is 24.4 Å². The first-order valence-electron chi connectivity index (χ1n) is 7.44. The van der Waals surface area contributed by atoms with Crippen LogP contribution in [0.5, 0.6) is 0 Å². The lowest BCUT2D eigenvalue weighted by molar-refractivity contribution is -0.129. The molecule has 1 rings (SSSR count). The SMILES string of the molecule is CN(C)CCCCNC(=O)C1(C(N)=NO)CCCCC1. The Morgan fingerprint density at radius 1 is 1.30 bits per heavy atom. The van der Waals surface area contributed by atoms with E-state index >= 15 is 0 Å². The summed E-state index contributed by atoms with van der Waals surface area (Å²) in [5.74, 6) is -0.0275. The Morgan fingerprint density at radius 3 is 2.50 bits per heavy atom. The molecule has 4 N–H and O–H groups in total. The van der Waals surface area contributed by atoms with Crippen molar-refractivity contribution in [2.45, 2.75) is 44.9 Å². The van der Waals surface area contributed by atoms with Crippen LogP contribution in [0.15, 0.2) is 5.16 Å². The van der Waals surface area contributed by atoms with Crippen LogP contribution in [0.1, 0.15) is 44.9 Å². The maximum absolute atomic E-state index is 12.4. The van der Waals surface area contributed by atoms with Gasteiger partial charge in [0.25, 0.3) is 0 Å². The number of hydrogen-bond donors (Lipinski definition) is 3. The highest BCUT2D eigenvalue weighted by atomic mass is 16.4. The van der Waals surface area contributed by atoms with Gasteiger partial charge in [0.15, 0.2) is 5.84 Å². The Balaban J connectivity index is 2.48. The van der Waals surface area contributed by atoms with Gasteiger partial charge in [-0.25, -0.2) is 0 Å². The summed E-state index contributed by atoms with van der Waals surface area (Å²) in [6, 6.07) is 0. The van der Waals surface area contributed by atoms with E-state index in [1.54, 1.807) is 0 Å². The molecule has 1 aliphatic carbocycles. The summed E-state index contributed by atoms with van der Waals surface area (Å²) in [4.78, 5) is 14.5. The minimum Gasteiger partial charge on any atom is -0.409 e. The van der Waals surface area contributed by atoms with Crippen molar-refractivity contribution in [3.8, 4) is 0 Å². The van der Waals surface area contributed by atoms with E-state index in [9.17, 15) is 4.79 Å². The van der Waals surface area contributed by atoms with E-state index in [-0.39, 0.29) is 11.7 Å². The predicted molar refractivity (Wildman–Crippen MR) is 79.7 cm³/mol. The number of nitrogens with two attached hydrogens (primary N) is 1. The molecule has 0 atom stereocenters. The molecule has 0 aromatic heterocycles. The van der Waals surface area contributed by atoms with Crippen LogP contribution in [0.25, 0.3) is 0 Å². The number of rotatable bonds is 7. The van der Waals surface area contributed by atoms with E-state index in [1.165, 1.54) is 0 Å². The first-order valence-corrected chi connectivity index (χ1v) is 7.44. The summed E-state index contributed by atoms with van der Waals surface area (Å²) in [6.07, 6.45) is 6.34. The Hall–Kier alpha value is -1.30. The first kappa shape index (κ1) is 16.8. The summed E-state index contributed by atoms with van der Waals surface area (Å²) < 4.78 is 0. The van der Waals surface area contributed by atoms with Crippen molar-refractivity contribution in [3.63, 3.8) is 0 Å². The summed E-state index contributed by atoms with van der Waals surface area (Å²) in [5, 5.41) is 15.0. The third-order valence-electron chi connectivity index (χ3n) is 4.06. The minimum atomic E-state index is -0.797. The Kier molecular flexibility index (Phi) is 6.78. The van der Waals surface area contributed by atoms with Crippen molar-refractivity contribution in [2.75, 3.05) is 27.2 Å². The number of carbonyl (C=O) groups is 1. The standard InChI is InChI=1S/C14H28N4O2/c1-18(2)11-7-6-10-16-13(19)14(12(15)17-20)8-4-3-5-9-14/h20H,3-11H2,1-2H3,(H2,15,17)(H,16,19). The van der Waals surface area contributed by atoms with Crippen LogP contribution in [-0.2, 0) is 4.79 Å². The molecule has 0 aromatic rings. The third kappa shape index (κ3) is 4.37. The summed E-state index contributed by atoms with van der Waals surface area (Å²) in [7, 11) is 4.07. The van der Waals surface area contributed by atoms with Gasteiger partial charge in [-0.05, 0) is 46.3 Å². The van der Waals surface area contributed by atoms with Crippen LogP contribution in [-0.4, -0.2) is 49.0 Å². The summed E-state index contributed by atoms with van der Waals surface area (Å²) >= 11 is 0. The minimum absolute atomic E-state index is 0.0583. The number of nitrogens with zero attached hydrogens (tertiary/aromatic N) is 2. The van der Waals surface area contributed by atoms with Crippen LogP contribution in [0.2, 0.25) is 0 Å². The maximum atomic E-state index is 12.4. The van der Waals surface area contributed by atoms with Crippen molar-refractivity contribution in [2.24, 2.45) is 16.3 Å². The van der Waals surface area contributed by atoms with Gasteiger partial charge >= 0.3 is 0 Å². The smallest absolute Gasteiger partial charge is 0.233 e. The first-order chi connectivity index (χ1) is 9.53. The molecule has 0 spiro atoms. The lowest BCUT2D eigenvalue weighted by Gasteiger charge is -2.34. The van der Waals surface area contributed by atoms with Gasteiger partial charge in [-0.15, -0.1) is 0 Å². The van der Waals surface area contributed by atoms with Gasteiger partial charge in [0.05, 0.1) is 0 Å². The van der Waals surface area contributed by atoms with Crippen LogP contribution in [0.4, 0.5) is 0 Å². The number of amides is 1. The number of nitrogens with one attached hydrogen (secondary N) is 1. The molecule has 20 heavy (non-hydrogen) atoms. The van der Waals surface area contributed by atoms with Gasteiger partial charge in [0, 0.05) is 6.54 Å². The zero-order valence-corrected chi connectivity index (χ0v) is 12.7. The lowest BCUT2D eigenvalue weighted by Crippen LogP contribution is -2.51. The van der Waals surface area contributed by atoms with Crippen molar-refractivity contribution in [3.05, 3.63) is 0 Å². The Morgan fingerprint density at radius 2 is 1.95 bits per heavy atom. The molecular weight excluding hydrogens is 256 g/mol. The number of amidine groups is 1. The van der Waals surface area contributed by atoms with Crippen molar-refractivity contribution >= 4 is 11.7 Å². The van der Waals surface area contributed by atoms with E-state index in [2.05, 4.69) is 15.4 Å². The van der Waals surface area contributed by atoms with Gasteiger partial charge in [-0.3, -0.25) is 4.79 Å². The number of unbranched alkanes of at least 4 members (excludes halogenated alkanes) is 1. The monoisotopic (exact) mass is 284 g/mol. The molecule has 116 valence electrons. The fraction of sp³-hybridized carbons (Fsp3) is 0.857. The van der Waals surface area contributed by atoms with Gasteiger partial charge in [0.2, 0.25) is 5.91 Å². The van der Waals surface area contributed by atoms with Crippen LogP contribution < -0.4 is 11.1 Å². The van der Waals surface area contributed by atoms with E-state index in [4.69, 9.17) is 10.9 Å². The van der Waals surface area contributed by atoms with Crippen molar-refractivity contribution in [1.82, 2.24) is 10.2 Å². The molecule has 0 unspecified atom stereocenters. The predicted octanol–water partition coefficient (Wildman–Crippen LogP) is 1.14. The molecule has 1 aliphatic rings. The molecule has 0 radical (unpaired) electrons. The van der Waals surface area contributed by atoms with Crippen molar-refractivity contribution < 1.29 is 10.0 Å². The molecule has 1 amide bonds. The number of carbonyl (C=O) groups excluding carboxylic acids is 1. The van der Waals surface area contributed by atoms with Crippen LogP contribution in [0.3, 0.4) is 0 Å². The second-order valence-corrected chi connectivity index (χ2v) is 5.89. The molecule has 6 nitrogen and oxygen atoms in total. The highest BCUT2D eigenvalue weighted by Crippen LogP contribution is 2.36. The second kappa shape index (κ2) is 8.09. The van der Waals surface area contributed by atoms with E-state index in [0.29, 0.717) is 19.4 Å². The van der Waals surface area contributed by atoms with E-state index < -0.39 is 5.41 Å². The van der Waals surface area contributed by atoms with Gasteiger partial charge in [0.1, 0.15) is 5.41 Å². The zero-order chi connectivity index (χ0) is 15.0. The zero-order valence-electron chi connectivity index (χ0n) is 12.7. The van der Waals surface area contributed by atoms with E-state index in [1.807, 2.05) is 14.1 Å². The molecule has 1 fully saturated rings. The molecule has 1 saturated carbocycles. The molecule has 0 saturated heterocycles. The number of hydrogen-bond acceptors (Lipinski definition) is 4.